The van der Waals surface area contributed by atoms with E-state index in [-0.39, 0.29) is 24.2 Å². The first-order chi connectivity index (χ1) is 9.52. The summed E-state index contributed by atoms with van der Waals surface area (Å²) in [6.45, 7) is 2.65. The number of hydrogen-bond donors (Lipinski definition) is 2. The number of thioether (sulfide) groups is 1. The van der Waals surface area contributed by atoms with Crippen molar-refractivity contribution in [2.45, 2.75) is 24.7 Å². The van der Waals surface area contributed by atoms with Crippen LogP contribution in [0.3, 0.4) is 0 Å². The fourth-order valence-corrected chi connectivity index (χ4v) is 2.29. The summed E-state index contributed by atoms with van der Waals surface area (Å²) in [5, 5.41) is 11.6. The molecule has 1 atom stereocenters. The Morgan fingerprint density at radius 3 is 2.80 bits per heavy atom. The van der Waals surface area contributed by atoms with Gasteiger partial charge in [-0.1, -0.05) is 6.92 Å². The smallest absolute Gasteiger partial charge is 0.230 e. The minimum absolute atomic E-state index is 0.142. The largest absolute Gasteiger partial charge is 0.396 e. The van der Waals surface area contributed by atoms with Gasteiger partial charge in [-0.15, -0.1) is 11.8 Å². The van der Waals surface area contributed by atoms with Crippen molar-refractivity contribution in [1.29, 1.82) is 0 Å². The summed E-state index contributed by atoms with van der Waals surface area (Å²) in [5.41, 5.74) is 0. The molecule has 1 rings (SSSR count). The number of carbonyl (C=O) groups excluding carboxylic acids is 1. The standard InChI is InChI=1S/C14H19F2NO2S/c1-10(8-18)3-2-6-17-14(19)9-20-11-4-5-12(15)13(16)7-11/h4-5,7,10,18H,2-3,6,8-9H2,1H3,(H,17,19). The molecule has 3 nitrogen and oxygen atoms in total. The van der Waals surface area contributed by atoms with Crippen LogP contribution in [0.1, 0.15) is 19.8 Å². The molecular formula is C14H19F2NO2S. The van der Waals surface area contributed by atoms with Gasteiger partial charge < -0.3 is 10.4 Å². The van der Waals surface area contributed by atoms with Crippen LogP contribution in [0.4, 0.5) is 8.78 Å². The van der Waals surface area contributed by atoms with E-state index >= 15 is 0 Å². The van der Waals surface area contributed by atoms with Crippen molar-refractivity contribution in [3.63, 3.8) is 0 Å². The minimum Gasteiger partial charge on any atom is -0.396 e. The number of aliphatic hydroxyl groups excluding tert-OH is 1. The summed E-state index contributed by atoms with van der Waals surface area (Å²) in [4.78, 5) is 12.1. The van der Waals surface area contributed by atoms with Crippen LogP contribution < -0.4 is 5.32 Å². The maximum absolute atomic E-state index is 13.0. The Labute approximate surface area is 121 Å². The molecule has 1 aromatic rings. The topological polar surface area (TPSA) is 49.3 Å². The Balaban J connectivity index is 2.21. The van der Waals surface area contributed by atoms with E-state index in [2.05, 4.69) is 5.32 Å². The molecule has 1 unspecified atom stereocenters. The number of hydrogen-bond acceptors (Lipinski definition) is 3. The summed E-state index contributed by atoms with van der Waals surface area (Å²) in [6.07, 6.45) is 1.66. The molecule has 0 spiro atoms. The van der Waals surface area contributed by atoms with E-state index in [1.54, 1.807) is 0 Å². The third-order valence-electron chi connectivity index (χ3n) is 2.77. The fraction of sp³-hybridized carbons (Fsp3) is 0.500. The van der Waals surface area contributed by atoms with Crippen molar-refractivity contribution >= 4 is 17.7 Å². The first-order valence-corrected chi connectivity index (χ1v) is 7.47. The van der Waals surface area contributed by atoms with Gasteiger partial charge in [-0.2, -0.15) is 0 Å². The highest BCUT2D eigenvalue weighted by Crippen LogP contribution is 2.19. The predicted molar refractivity (Wildman–Crippen MR) is 75.6 cm³/mol. The number of benzene rings is 1. The molecule has 0 heterocycles. The molecule has 20 heavy (non-hydrogen) atoms. The normalized spacial score (nSPS) is 12.2. The Kier molecular flexibility index (Phi) is 7.54. The maximum Gasteiger partial charge on any atom is 0.230 e. The van der Waals surface area contributed by atoms with Crippen LogP contribution in [0.15, 0.2) is 23.1 Å². The second kappa shape index (κ2) is 8.92. The first-order valence-electron chi connectivity index (χ1n) is 6.48. The van der Waals surface area contributed by atoms with Gasteiger partial charge in [-0.3, -0.25) is 4.79 Å². The molecule has 6 heteroatoms. The van der Waals surface area contributed by atoms with Gasteiger partial charge >= 0.3 is 0 Å². The SMILES string of the molecule is CC(CO)CCCNC(=O)CSc1ccc(F)c(F)c1. The highest BCUT2D eigenvalue weighted by Gasteiger charge is 2.06. The molecule has 0 aliphatic rings. The molecule has 0 saturated carbocycles. The van der Waals surface area contributed by atoms with Gasteiger partial charge in [0.1, 0.15) is 0 Å². The number of halogens is 2. The molecule has 2 N–H and O–H groups in total. The van der Waals surface area contributed by atoms with Crippen LogP contribution in [0.25, 0.3) is 0 Å². The van der Waals surface area contributed by atoms with Crippen molar-refractivity contribution in [1.82, 2.24) is 5.32 Å². The van der Waals surface area contributed by atoms with E-state index in [9.17, 15) is 13.6 Å². The summed E-state index contributed by atoms with van der Waals surface area (Å²) < 4.78 is 25.7. The second-order valence-corrected chi connectivity index (χ2v) is 5.69. The Bertz CT molecular complexity index is 443. The molecule has 0 aliphatic carbocycles. The lowest BCUT2D eigenvalue weighted by Gasteiger charge is -2.08. The number of carbonyl (C=O) groups is 1. The van der Waals surface area contributed by atoms with Crippen molar-refractivity contribution < 1.29 is 18.7 Å². The third kappa shape index (κ3) is 6.34. The van der Waals surface area contributed by atoms with E-state index in [1.807, 2.05) is 6.92 Å². The lowest BCUT2D eigenvalue weighted by atomic mass is 10.1. The van der Waals surface area contributed by atoms with Crippen molar-refractivity contribution in [2.75, 3.05) is 18.9 Å². The molecule has 0 saturated heterocycles. The average Bonchev–Trinajstić information content (AvgIpc) is 2.44. The number of aliphatic hydroxyl groups is 1. The lowest BCUT2D eigenvalue weighted by molar-refractivity contribution is -0.118. The summed E-state index contributed by atoms with van der Waals surface area (Å²) in [5.74, 6) is -1.54. The summed E-state index contributed by atoms with van der Waals surface area (Å²) in [6, 6.07) is 3.57. The van der Waals surface area contributed by atoms with E-state index in [1.165, 1.54) is 6.07 Å². The molecule has 1 amide bonds. The Morgan fingerprint density at radius 1 is 1.40 bits per heavy atom. The average molecular weight is 303 g/mol. The molecule has 0 aliphatic heterocycles. The van der Waals surface area contributed by atoms with Gasteiger partial charge in [0.15, 0.2) is 11.6 Å². The van der Waals surface area contributed by atoms with Crippen LogP contribution in [0, 0.1) is 17.6 Å². The van der Waals surface area contributed by atoms with Gasteiger partial charge in [-0.25, -0.2) is 8.78 Å². The lowest BCUT2D eigenvalue weighted by Crippen LogP contribution is -2.26. The minimum atomic E-state index is -0.909. The van der Waals surface area contributed by atoms with E-state index in [0.29, 0.717) is 11.4 Å². The zero-order chi connectivity index (χ0) is 15.0. The highest BCUT2D eigenvalue weighted by molar-refractivity contribution is 8.00. The van der Waals surface area contributed by atoms with Gasteiger partial charge in [0.25, 0.3) is 0 Å². The van der Waals surface area contributed by atoms with Gasteiger partial charge in [0.05, 0.1) is 5.75 Å². The maximum atomic E-state index is 13.0. The number of rotatable bonds is 8. The van der Waals surface area contributed by atoms with Crippen molar-refractivity contribution in [3.8, 4) is 0 Å². The van der Waals surface area contributed by atoms with Crippen molar-refractivity contribution in [3.05, 3.63) is 29.8 Å². The molecular weight excluding hydrogens is 284 g/mol. The molecule has 0 radical (unpaired) electrons. The van der Waals surface area contributed by atoms with E-state index < -0.39 is 11.6 Å². The highest BCUT2D eigenvalue weighted by atomic mass is 32.2. The zero-order valence-electron chi connectivity index (χ0n) is 11.4. The Morgan fingerprint density at radius 2 is 2.15 bits per heavy atom. The van der Waals surface area contributed by atoms with Gasteiger partial charge in [0, 0.05) is 18.0 Å². The molecule has 112 valence electrons. The van der Waals surface area contributed by atoms with Crippen LogP contribution in [0.2, 0.25) is 0 Å². The first kappa shape index (κ1) is 16.9. The fourth-order valence-electron chi connectivity index (χ4n) is 1.54. The predicted octanol–water partition coefficient (Wildman–Crippen LogP) is 2.58. The van der Waals surface area contributed by atoms with E-state index in [4.69, 9.17) is 5.11 Å². The van der Waals surface area contributed by atoms with Gasteiger partial charge in [-0.05, 0) is 37.0 Å². The molecule has 0 bridgehead atoms. The van der Waals surface area contributed by atoms with Crippen LogP contribution in [-0.4, -0.2) is 29.9 Å². The number of amides is 1. The third-order valence-corrected chi connectivity index (χ3v) is 3.76. The summed E-state index contributed by atoms with van der Waals surface area (Å²) in [7, 11) is 0. The Hall–Kier alpha value is -1.14. The zero-order valence-corrected chi connectivity index (χ0v) is 12.2. The molecule has 0 fully saturated rings. The van der Waals surface area contributed by atoms with Crippen LogP contribution in [0.5, 0.6) is 0 Å². The van der Waals surface area contributed by atoms with Crippen molar-refractivity contribution in [2.24, 2.45) is 5.92 Å². The monoisotopic (exact) mass is 303 g/mol. The molecule has 1 aromatic carbocycles. The van der Waals surface area contributed by atoms with Crippen LogP contribution >= 0.6 is 11.8 Å². The van der Waals surface area contributed by atoms with Crippen LogP contribution in [-0.2, 0) is 4.79 Å². The van der Waals surface area contributed by atoms with Gasteiger partial charge in [0.2, 0.25) is 5.91 Å². The second-order valence-electron chi connectivity index (χ2n) is 4.64. The quantitative estimate of drug-likeness (QED) is 0.573. The van der Waals surface area contributed by atoms with E-state index in [0.717, 1.165) is 36.7 Å². The molecule has 0 aromatic heterocycles. The summed E-state index contributed by atoms with van der Waals surface area (Å²) >= 11 is 1.16. The number of nitrogens with one attached hydrogen (secondary N) is 1.